The van der Waals surface area contributed by atoms with Crippen molar-refractivity contribution >= 4 is 80.7 Å². The highest BCUT2D eigenvalue weighted by Gasteiger charge is 2.40. The molecule has 65 heavy (non-hydrogen) atoms. The summed E-state index contributed by atoms with van der Waals surface area (Å²) in [4.78, 5) is 134. The Morgan fingerprint density at radius 1 is 0.862 bits per heavy atom. The predicted molar refractivity (Wildman–Crippen MR) is 243 cm³/mol. The Balaban J connectivity index is 1.94. The van der Waals surface area contributed by atoms with Gasteiger partial charge in [-0.1, -0.05) is 67.8 Å². The van der Waals surface area contributed by atoms with Crippen molar-refractivity contribution in [3.05, 3.63) is 29.8 Å². The van der Waals surface area contributed by atoms with Gasteiger partial charge in [-0.25, -0.2) is 0 Å². The zero-order valence-corrected chi connectivity index (χ0v) is 39.1. The van der Waals surface area contributed by atoms with Crippen molar-refractivity contribution in [2.45, 2.75) is 128 Å². The zero-order valence-electron chi connectivity index (χ0n) is 37.4. The number of rotatable bonds is 15. The number of nitrogens with zero attached hydrogens (tertiary/aromatic N) is 1. The van der Waals surface area contributed by atoms with E-state index in [-0.39, 0.29) is 68.2 Å². The molecule has 2 heterocycles. The van der Waals surface area contributed by atoms with Crippen molar-refractivity contribution in [2.75, 3.05) is 24.6 Å². The minimum Gasteiger partial charge on any atom is -0.508 e. The third-order valence-corrected chi connectivity index (χ3v) is 13.3. The molecule has 2 saturated heterocycles. The topological polar surface area (TPSA) is 330 Å². The maximum Gasteiger partial charge on any atom is 0.246 e. The molecule has 0 saturated carbocycles. The van der Waals surface area contributed by atoms with Gasteiger partial charge in [-0.3, -0.25) is 47.9 Å². The fourth-order valence-corrected chi connectivity index (χ4v) is 9.19. The molecule has 2 fully saturated rings. The first-order valence-corrected chi connectivity index (χ1v) is 24.2. The monoisotopic (exact) mass is 948 g/mol. The summed E-state index contributed by atoms with van der Waals surface area (Å²) in [7, 11) is 2.38. The van der Waals surface area contributed by atoms with Crippen LogP contribution in [-0.2, 0) is 54.4 Å². The average molecular weight is 949 g/mol. The van der Waals surface area contributed by atoms with Crippen LogP contribution < -0.4 is 48.7 Å². The lowest BCUT2D eigenvalue weighted by Gasteiger charge is -2.31. The number of amides is 10. The second kappa shape index (κ2) is 26.4. The van der Waals surface area contributed by atoms with E-state index < -0.39 is 114 Å². The second-order valence-corrected chi connectivity index (χ2v) is 19.3. The molecule has 23 heteroatoms. The van der Waals surface area contributed by atoms with Gasteiger partial charge in [0, 0.05) is 37.3 Å². The van der Waals surface area contributed by atoms with E-state index in [4.69, 9.17) is 11.5 Å². The lowest BCUT2D eigenvalue weighted by Crippen LogP contribution is -2.60. The number of carbonyl (C=O) groups excluding carboxylic acids is 10. The maximum atomic E-state index is 14.3. The Kier molecular flexibility index (Phi) is 21.8. The van der Waals surface area contributed by atoms with E-state index in [1.807, 2.05) is 13.8 Å². The van der Waals surface area contributed by atoms with Crippen LogP contribution in [0.15, 0.2) is 24.3 Å². The van der Waals surface area contributed by atoms with E-state index in [0.717, 1.165) is 0 Å². The summed E-state index contributed by atoms with van der Waals surface area (Å²) in [5.41, 5.74) is 11.2. The molecule has 1 aromatic carbocycles. The van der Waals surface area contributed by atoms with E-state index in [2.05, 4.69) is 37.2 Å². The fraction of sp³-hybridized carbons (Fsp3) is 0.619. The number of likely N-dealkylation sites (tertiary alicyclic amines) is 1. The smallest absolute Gasteiger partial charge is 0.246 e. The van der Waals surface area contributed by atoms with Gasteiger partial charge in [0.15, 0.2) is 0 Å². The molecule has 0 aliphatic carbocycles. The van der Waals surface area contributed by atoms with Crippen LogP contribution in [0.4, 0.5) is 0 Å². The molecule has 0 unspecified atom stereocenters. The highest BCUT2D eigenvalue weighted by Crippen LogP contribution is 2.26. The van der Waals surface area contributed by atoms with Crippen molar-refractivity contribution in [1.29, 1.82) is 0 Å². The zero-order chi connectivity index (χ0) is 48.4. The third-order valence-electron chi connectivity index (χ3n) is 10.8. The van der Waals surface area contributed by atoms with Gasteiger partial charge in [-0.15, -0.1) is 0 Å². The molecule has 2 aliphatic heterocycles. The molecule has 10 amide bonds. The number of nitrogens with two attached hydrogens (primary N) is 2. The minimum absolute atomic E-state index is 0.00377. The van der Waals surface area contributed by atoms with E-state index >= 15 is 0 Å². The quantitative estimate of drug-likeness (QED) is 0.0906. The van der Waals surface area contributed by atoms with Crippen LogP contribution in [0.1, 0.15) is 85.1 Å². The van der Waals surface area contributed by atoms with E-state index in [0.29, 0.717) is 18.4 Å². The first kappa shape index (κ1) is 53.8. The molecule has 8 atom stereocenters. The van der Waals surface area contributed by atoms with Gasteiger partial charge in [0.25, 0.3) is 0 Å². The van der Waals surface area contributed by atoms with Gasteiger partial charge in [-0.2, -0.15) is 0 Å². The second-order valence-electron chi connectivity index (χ2n) is 16.6. The molecule has 1 aromatic rings. The van der Waals surface area contributed by atoms with Crippen LogP contribution in [0.2, 0.25) is 0 Å². The number of hydrogen-bond donors (Lipinski definition) is 10. The van der Waals surface area contributed by atoms with Crippen LogP contribution in [0.5, 0.6) is 5.75 Å². The van der Waals surface area contributed by atoms with E-state index in [9.17, 15) is 53.1 Å². The van der Waals surface area contributed by atoms with Crippen molar-refractivity contribution in [3.63, 3.8) is 0 Å². The molecular weight excluding hydrogens is 885 g/mol. The summed E-state index contributed by atoms with van der Waals surface area (Å²) in [6, 6.07) is -2.34. The van der Waals surface area contributed by atoms with Crippen molar-refractivity contribution in [3.8, 4) is 5.75 Å². The molecule has 3 rings (SSSR count). The number of carbonyl (C=O) groups is 10. The SMILES string of the molecule is CC[C@H](C)[C@@H]1NC(=O)[C@H](Cc2ccc(O)cc2)NC(=O)CCSSC[C@@H](C(=O)N2CCC[C@H]2C(=O)N[C@@H](CC(C)C)C(=O)NCC(N)=O)NC(=O)[C@H](C)NC(=O)[C@H](CCC(N)=O)NC1=O. The summed E-state index contributed by atoms with van der Waals surface area (Å²) in [6.45, 7) is 8.26. The van der Waals surface area contributed by atoms with Gasteiger partial charge in [0.05, 0.1) is 6.54 Å². The Morgan fingerprint density at radius 2 is 1.54 bits per heavy atom. The molecular formula is C42H64N10O11S2. The molecule has 0 bridgehead atoms. The molecule has 12 N–H and O–H groups in total. The Bertz CT molecular complexity index is 1890. The lowest BCUT2D eigenvalue weighted by molar-refractivity contribution is -0.142. The fourth-order valence-electron chi connectivity index (χ4n) is 7.05. The van der Waals surface area contributed by atoms with Gasteiger partial charge in [0.2, 0.25) is 59.1 Å². The Labute approximate surface area is 386 Å². The Morgan fingerprint density at radius 3 is 2.17 bits per heavy atom. The van der Waals surface area contributed by atoms with Crippen LogP contribution in [0.25, 0.3) is 0 Å². The molecule has 360 valence electrons. The minimum atomic E-state index is -1.41. The summed E-state index contributed by atoms with van der Waals surface area (Å²) < 4.78 is 0. The lowest BCUT2D eigenvalue weighted by atomic mass is 9.96. The van der Waals surface area contributed by atoms with Crippen molar-refractivity contribution in [1.82, 2.24) is 42.1 Å². The summed E-state index contributed by atoms with van der Waals surface area (Å²) in [5, 5.41) is 28.2. The summed E-state index contributed by atoms with van der Waals surface area (Å²) >= 11 is 0. The number of phenolic OH excluding ortho intramolecular Hbond substituents is 1. The molecule has 21 nitrogen and oxygen atoms in total. The van der Waals surface area contributed by atoms with Crippen molar-refractivity contribution < 1.29 is 53.1 Å². The standard InChI is InChI=1S/C42H64N10O11S2/c1-6-23(4)35-41(62)48-27(13-14-32(43)54)38(59)46-24(5)36(57)50-30(21-65-64-17-15-34(56)47-29(39(60)51-35)19-25-9-11-26(53)12-10-25)42(63)52-16-7-8-31(52)40(61)49-28(18-22(2)3)37(58)45-20-33(44)55/h9-12,22-24,27-31,35,53H,6-8,13-21H2,1-5H3,(H2,43,54)(H2,44,55)(H,45,58)(H,46,59)(H,47,56)(H,48,62)(H,49,61)(H,50,57)(H,51,60)/t23-,24-,27-,28-,29-,30-,31-,35-/m0/s1. The Hall–Kier alpha value is -5.58. The van der Waals surface area contributed by atoms with E-state index in [1.54, 1.807) is 26.0 Å². The van der Waals surface area contributed by atoms with Crippen molar-refractivity contribution in [2.24, 2.45) is 23.3 Å². The number of nitrogens with one attached hydrogen (secondary N) is 7. The van der Waals surface area contributed by atoms with Crippen LogP contribution >= 0.6 is 21.6 Å². The molecule has 0 spiro atoms. The number of benzene rings is 1. The molecule has 0 aromatic heterocycles. The normalized spacial score (nSPS) is 24.0. The summed E-state index contributed by atoms with van der Waals surface area (Å²) in [6.07, 6.45) is 0.653. The highest BCUT2D eigenvalue weighted by atomic mass is 33.1. The molecule has 0 radical (unpaired) electrons. The largest absolute Gasteiger partial charge is 0.508 e. The predicted octanol–water partition coefficient (Wildman–Crippen LogP) is -1.40. The number of phenols is 1. The molecule has 2 aliphatic rings. The number of primary amides is 2. The third kappa shape index (κ3) is 17.7. The van der Waals surface area contributed by atoms with Gasteiger partial charge in [-0.05, 0) is 62.1 Å². The van der Waals surface area contributed by atoms with Gasteiger partial charge >= 0.3 is 0 Å². The van der Waals surface area contributed by atoms with E-state index in [1.165, 1.54) is 45.5 Å². The van der Waals surface area contributed by atoms with Gasteiger partial charge < -0.3 is 58.7 Å². The average Bonchev–Trinajstić information content (AvgIpc) is 3.75. The first-order valence-electron chi connectivity index (χ1n) is 21.7. The number of hydrogen-bond acceptors (Lipinski definition) is 13. The summed E-state index contributed by atoms with van der Waals surface area (Å²) in [5.74, 6) is -7.36. The maximum absolute atomic E-state index is 14.3. The van der Waals surface area contributed by atoms with Crippen LogP contribution in [0.3, 0.4) is 0 Å². The van der Waals surface area contributed by atoms with Gasteiger partial charge in [0.1, 0.15) is 48.0 Å². The number of aromatic hydroxyl groups is 1. The van der Waals surface area contributed by atoms with Crippen LogP contribution in [0, 0.1) is 11.8 Å². The first-order chi connectivity index (χ1) is 30.7. The highest BCUT2D eigenvalue weighted by molar-refractivity contribution is 8.76. The van der Waals surface area contributed by atoms with Crippen LogP contribution in [-0.4, -0.2) is 136 Å².